The molecule has 170 valence electrons. The molecule has 0 radical (unpaired) electrons. The second kappa shape index (κ2) is 10.1. The van der Waals surface area contributed by atoms with E-state index in [0.717, 1.165) is 54.4 Å². The maximum absolute atomic E-state index is 9.69. The van der Waals surface area contributed by atoms with Crippen molar-refractivity contribution in [3.05, 3.63) is 41.8 Å². The number of aryl methyl sites for hydroxylation is 2. The topological polar surface area (TPSA) is 129 Å². The molecular weight excluding hydrogens is 410 g/mol. The molecule has 0 spiro atoms. The Morgan fingerprint density at radius 1 is 1.22 bits per heavy atom. The van der Waals surface area contributed by atoms with Gasteiger partial charge in [0, 0.05) is 37.4 Å². The lowest BCUT2D eigenvalue weighted by atomic mass is 10.1. The summed E-state index contributed by atoms with van der Waals surface area (Å²) in [6, 6.07) is 9.70. The molecule has 1 aliphatic rings. The Morgan fingerprint density at radius 2 is 2.03 bits per heavy atom. The third-order valence-electron chi connectivity index (χ3n) is 5.40. The van der Waals surface area contributed by atoms with Crippen LogP contribution in [0.2, 0.25) is 0 Å². The minimum atomic E-state index is -0.715. The molecule has 1 saturated heterocycles. The van der Waals surface area contributed by atoms with Crippen molar-refractivity contribution in [2.24, 2.45) is 5.73 Å². The molecule has 0 amide bonds. The first-order chi connectivity index (χ1) is 15.5. The molecule has 4 N–H and O–H groups in total. The first kappa shape index (κ1) is 22.2. The van der Waals surface area contributed by atoms with Crippen LogP contribution in [0, 0.1) is 13.8 Å². The molecule has 3 aromatic rings. The summed E-state index contributed by atoms with van der Waals surface area (Å²) in [7, 11) is 0. The molecule has 0 aliphatic carbocycles. The van der Waals surface area contributed by atoms with Crippen LogP contribution in [-0.2, 0) is 4.74 Å². The number of hydrogen-bond donors (Lipinski definition) is 3. The first-order valence-corrected chi connectivity index (χ1v) is 10.8. The van der Waals surface area contributed by atoms with Crippen LogP contribution in [0.5, 0.6) is 5.75 Å². The highest BCUT2D eigenvalue weighted by atomic mass is 16.5. The summed E-state index contributed by atoms with van der Waals surface area (Å²) in [4.78, 5) is 9.59. The van der Waals surface area contributed by atoms with Crippen molar-refractivity contribution in [3.63, 3.8) is 0 Å². The first-order valence-electron chi connectivity index (χ1n) is 10.8. The van der Waals surface area contributed by atoms with Crippen molar-refractivity contribution in [2.75, 3.05) is 31.7 Å². The van der Waals surface area contributed by atoms with Crippen molar-refractivity contribution in [1.82, 2.24) is 15.1 Å². The van der Waals surface area contributed by atoms with Crippen molar-refractivity contribution in [3.8, 4) is 28.4 Å². The van der Waals surface area contributed by atoms with Gasteiger partial charge in [-0.2, -0.15) is 0 Å². The van der Waals surface area contributed by atoms with E-state index in [-0.39, 0.29) is 19.2 Å². The molecule has 2 aromatic heterocycles. The fourth-order valence-electron chi connectivity index (χ4n) is 3.66. The number of aromatic nitrogens is 3. The Kier molecular flexibility index (Phi) is 6.99. The zero-order chi connectivity index (χ0) is 22.5. The highest BCUT2D eigenvalue weighted by Crippen LogP contribution is 2.30. The van der Waals surface area contributed by atoms with E-state index in [9.17, 15) is 5.11 Å². The van der Waals surface area contributed by atoms with Gasteiger partial charge in [0.05, 0.1) is 17.0 Å². The van der Waals surface area contributed by atoms with E-state index >= 15 is 0 Å². The van der Waals surface area contributed by atoms with Gasteiger partial charge < -0.3 is 30.2 Å². The standard InChI is InChI=1S/C23H29N5O4/c1-14-22(15(2)32-28-14)20-11-21(25-17-6-8-30-9-7-17)27-23(26-20)16-4-3-5-19(10-16)31-13-18(29)12-24/h3-5,10-11,17-18,29H,6-9,12-13,24H2,1-2H3,(H,25,26,27). The SMILES string of the molecule is Cc1noc(C)c1-c1cc(NC2CCOCC2)nc(-c2cccc(OCC(O)CN)c2)n1. The van der Waals surface area contributed by atoms with Gasteiger partial charge in [-0.1, -0.05) is 17.3 Å². The number of nitrogens with two attached hydrogens (primary N) is 1. The van der Waals surface area contributed by atoms with Gasteiger partial charge in [0.25, 0.3) is 0 Å². The predicted molar refractivity (Wildman–Crippen MR) is 120 cm³/mol. The van der Waals surface area contributed by atoms with E-state index in [1.54, 1.807) is 0 Å². The van der Waals surface area contributed by atoms with Crippen LogP contribution in [0.1, 0.15) is 24.3 Å². The number of hydrogen-bond acceptors (Lipinski definition) is 9. The summed E-state index contributed by atoms with van der Waals surface area (Å²) in [6.07, 6.45) is 1.13. The van der Waals surface area contributed by atoms with Crippen LogP contribution >= 0.6 is 0 Å². The molecule has 0 bridgehead atoms. The van der Waals surface area contributed by atoms with Crippen LogP contribution in [0.15, 0.2) is 34.9 Å². The van der Waals surface area contributed by atoms with E-state index < -0.39 is 6.10 Å². The molecular formula is C23H29N5O4. The monoisotopic (exact) mass is 439 g/mol. The number of nitrogens with zero attached hydrogens (tertiary/aromatic N) is 3. The number of rotatable bonds is 8. The summed E-state index contributed by atoms with van der Waals surface area (Å²) in [5.74, 6) is 2.61. The van der Waals surface area contributed by atoms with Crippen molar-refractivity contribution in [1.29, 1.82) is 0 Å². The molecule has 1 aromatic carbocycles. The summed E-state index contributed by atoms with van der Waals surface area (Å²) < 4.78 is 16.5. The summed E-state index contributed by atoms with van der Waals surface area (Å²) in [5, 5.41) is 17.3. The molecule has 1 atom stereocenters. The maximum atomic E-state index is 9.69. The lowest BCUT2D eigenvalue weighted by Gasteiger charge is -2.24. The fourth-order valence-corrected chi connectivity index (χ4v) is 3.66. The van der Waals surface area contributed by atoms with Crippen LogP contribution in [0.25, 0.3) is 22.6 Å². The van der Waals surface area contributed by atoms with Gasteiger partial charge in [0.15, 0.2) is 5.82 Å². The number of aliphatic hydroxyl groups excluding tert-OH is 1. The Bertz CT molecular complexity index is 1030. The second-order valence-corrected chi connectivity index (χ2v) is 7.92. The lowest BCUT2D eigenvalue weighted by Crippen LogP contribution is -2.28. The number of anilines is 1. The maximum Gasteiger partial charge on any atom is 0.162 e. The van der Waals surface area contributed by atoms with Gasteiger partial charge in [-0.15, -0.1) is 0 Å². The molecule has 1 fully saturated rings. The summed E-state index contributed by atoms with van der Waals surface area (Å²) in [5.41, 5.74) is 8.64. The largest absolute Gasteiger partial charge is 0.491 e. The molecule has 9 heteroatoms. The molecule has 4 rings (SSSR count). The number of ether oxygens (including phenoxy) is 2. The van der Waals surface area contributed by atoms with Crippen LogP contribution in [0.3, 0.4) is 0 Å². The second-order valence-electron chi connectivity index (χ2n) is 7.92. The van der Waals surface area contributed by atoms with E-state index in [4.69, 9.17) is 29.7 Å². The average Bonchev–Trinajstić information content (AvgIpc) is 3.16. The van der Waals surface area contributed by atoms with Crippen molar-refractivity contribution in [2.45, 2.75) is 38.8 Å². The van der Waals surface area contributed by atoms with Gasteiger partial charge in [0.2, 0.25) is 0 Å². The van der Waals surface area contributed by atoms with Crippen LogP contribution in [0.4, 0.5) is 5.82 Å². The minimum Gasteiger partial charge on any atom is -0.491 e. The highest BCUT2D eigenvalue weighted by Gasteiger charge is 2.19. The Morgan fingerprint density at radius 3 is 2.75 bits per heavy atom. The van der Waals surface area contributed by atoms with E-state index in [1.807, 2.05) is 44.2 Å². The predicted octanol–water partition coefficient (Wildman–Crippen LogP) is 2.70. The summed E-state index contributed by atoms with van der Waals surface area (Å²) in [6.45, 7) is 5.51. The van der Waals surface area contributed by atoms with Gasteiger partial charge in [-0.3, -0.25) is 0 Å². The van der Waals surface area contributed by atoms with E-state index in [0.29, 0.717) is 17.3 Å². The average molecular weight is 440 g/mol. The highest BCUT2D eigenvalue weighted by molar-refractivity contribution is 5.70. The zero-order valence-corrected chi connectivity index (χ0v) is 18.4. The number of aliphatic hydroxyl groups is 1. The van der Waals surface area contributed by atoms with E-state index in [2.05, 4.69) is 10.5 Å². The third-order valence-corrected chi connectivity index (χ3v) is 5.40. The van der Waals surface area contributed by atoms with Crippen LogP contribution in [-0.4, -0.2) is 58.7 Å². The van der Waals surface area contributed by atoms with Gasteiger partial charge in [-0.25, -0.2) is 9.97 Å². The van der Waals surface area contributed by atoms with Crippen molar-refractivity contribution < 1.29 is 19.1 Å². The minimum absolute atomic E-state index is 0.122. The van der Waals surface area contributed by atoms with Gasteiger partial charge in [0.1, 0.15) is 30.0 Å². The zero-order valence-electron chi connectivity index (χ0n) is 18.4. The molecule has 1 aliphatic heterocycles. The smallest absolute Gasteiger partial charge is 0.162 e. The molecule has 0 saturated carbocycles. The van der Waals surface area contributed by atoms with E-state index in [1.165, 1.54) is 0 Å². The quantitative estimate of drug-likeness (QED) is 0.485. The Hall–Kier alpha value is -3.01. The normalized spacial score (nSPS) is 15.5. The van der Waals surface area contributed by atoms with Gasteiger partial charge >= 0.3 is 0 Å². The number of nitrogens with one attached hydrogen (secondary N) is 1. The van der Waals surface area contributed by atoms with Gasteiger partial charge in [-0.05, 0) is 38.8 Å². The van der Waals surface area contributed by atoms with Crippen molar-refractivity contribution >= 4 is 5.82 Å². The lowest BCUT2D eigenvalue weighted by molar-refractivity contribution is 0.0904. The molecule has 9 nitrogen and oxygen atoms in total. The Labute approximate surface area is 187 Å². The molecule has 1 unspecified atom stereocenters. The Balaban J connectivity index is 1.69. The molecule has 32 heavy (non-hydrogen) atoms. The summed E-state index contributed by atoms with van der Waals surface area (Å²) >= 11 is 0. The molecule has 3 heterocycles. The third kappa shape index (κ3) is 5.24. The fraction of sp³-hybridized carbons (Fsp3) is 0.435. The number of benzene rings is 1. The van der Waals surface area contributed by atoms with Crippen LogP contribution < -0.4 is 15.8 Å².